The molecule has 1 aliphatic rings. The minimum absolute atomic E-state index is 0.766. The van der Waals surface area contributed by atoms with Crippen molar-refractivity contribution in [3.63, 3.8) is 0 Å². The Morgan fingerprint density at radius 1 is 1.75 bits per heavy atom. The Kier molecular flexibility index (Phi) is 0.784. The number of aromatic amines is 1. The fourth-order valence-electron chi connectivity index (χ4n) is 0.718. The predicted octanol–water partition coefficient (Wildman–Crippen LogP) is 1.46. The van der Waals surface area contributed by atoms with Gasteiger partial charge < -0.3 is 9.72 Å². The second-order valence-electron chi connectivity index (χ2n) is 1.58. The van der Waals surface area contributed by atoms with Gasteiger partial charge in [0.25, 0.3) is 0 Å². The molecule has 0 fully saturated rings. The van der Waals surface area contributed by atoms with Crippen LogP contribution in [-0.4, -0.2) is 10.9 Å². The van der Waals surface area contributed by atoms with Crippen LogP contribution < -0.4 is 4.74 Å². The largest absolute Gasteiger partial charge is 0.467 e. The maximum Gasteiger partial charge on any atom is 0.205 e. The number of ether oxygens (including phenoxy) is 1. The van der Waals surface area contributed by atoms with Gasteiger partial charge in [-0.15, -0.1) is 0 Å². The number of aromatic nitrogens is 1. The van der Waals surface area contributed by atoms with Crippen molar-refractivity contribution >= 4 is 11.8 Å². The molecule has 2 heterocycles. The third kappa shape index (κ3) is 0.448. The van der Waals surface area contributed by atoms with Crippen LogP contribution in [0.4, 0.5) is 0 Å². The molecule has 0 aromatic carbocycles. The molecule has 3 heteroatoms. The van der Waals surface area contributed by atoms with E-state index in [1.807, 2.05) is 12.3 Å². The second kappa shape index (κ2) is 1.45. The highest BCUT2D eigenvalue weighted by molar-refractivity contribution is 7.99. The quantitative estimate of drug-likeness (QED) is 0.570. The first-order valence-electron chi connectivity index (χ1n) is 2.40. The number of H-pyrrole nitrogens is 1. The molecule has 2 nitrogen and oxygen atoms in total. The van der Waals surface area contributed by atoms with Crippen molar-refractivity contribution in [3.8, 4) is 5.88 Å². The molecule has 1 aromatic rings. The predicted molar refractivity (Wildman–Crippen MR) is 32.1 cm³/mol. The number of hydrogen-bond acceptors (Lipinski definition) is 2. The maximum absolute atomic E-state index is 5.15. The molecule has 0 aliphatic carbocycles. The Bertz CT molecular complexity index is 178. The van der Waals surface area contributed by atoms with Crippen molar-refractivity contribution in [2.45, 2.75) is 4.90 Å². The first kappa shape index (κ1) is 4.32. The minimum Gasteiger partial charge on any atom is -0.467 e. The molecule has 2 rings (SSSR count). The molecule has 0 spiro atoms. The van der Waals surface area contributed by atoms with Crippen molar-refractivity contribution in [1.29, 1.82) is 0 Å². The minimum atomic E-state index is 0.766. The topological polar surface area (TPSA) is 25.0 Å². The number of thioether (sulfide) groups is 1. The van der Waals surface area contributed by atoms with Gasteiger partial charge in [0, 0.05) is 6.20 Å². The molecule has 1 N–H and O–H groups in total. The third-order valence-electron chi connectivity index (χ3n) is 1.09. The highest BCUT2D eigenvalue weighted by Gasteiger charge is 2.11. The van der Waals surface area contributed by atoms with Gasteiger partial charge in [-0.2, -0.15) is 0 Å². The van der Waals surface area contributed by atoms with Crippen molar-refractivity contribution in [2.24, 2.45) is 0 Å². The molecular formula is C5H5NOS. The summed E-state index contributed by atoms with van der Waals surface area (Å²) in [6.07, 6.45) is 1.89. The molecule has 1 aromatic heterocycles. The second-order valence-corrected chi connectivity index (χ2v) is 2.54. The molecule has 0 atom stereocenters. The molecular weight excluding hydrogens is 122 g/mol. The Balaban J connectivity index is 2.54. The lowest BCUT2D eigenvalue weighted by molar-refractivity contribution is 0.384. The standard InChI is InChI=1S/C5H5NOS/c1-2-6-5-4(1)8-3-7-5/h1-2,6H,3H2. The Hall–Kier alpha value is -0.570. The summed E-state index contributed by atoms with van der Waals surface area (Å²) < 4.78 is 5.15. The molecule has 0 amide bonds. The van der Waals surface area contributed by atoms with E-state index >= 15 is 0 Å². The van der Waals surface area contributed by atoms with Crippen LogP contribution in [0.25, 0.3) is 0 Å². The van der Waals surface area contributed by atoms with Crippen molar-refractivity contribution in [3.05, 3.63) is 12.3 Å². The zero-order chi connectivity index (χ0) is 5.40. The van der Waals surface area contributed by atoms with E-state index in [0.717, 1.165) is 11.8 Å². The van der Waals surface area contributed by atoms with Gasteiger partial charge >= 0.3 is 0 Å². The summed E-state index contributed by atoms with van der Waals surface area (Å²) in [6.45, 7) is 0. The zero-order valence-electron chi connectivity index (χ0n) is 4.18. The monoisotopic (exact) mass is 127 g/mol. The highest BCUT2D eigenvalue weighted by Crippen LogP contribution is 2.33. The summed E-state index contributed by atoms with van der Waals surface area (Å²) in [5.74, 6) is 1.69. The summed E-state index contributed by atoms with van der Waals surface area (Å²) in [5, 5.41) is 0. The van der Waals surface area contributed by atoms with Crippen LogP contribution in [0.15, 0.2) is 17.2 Å². The number of hydrogen-bond donors (Lipinski definition) is 1. The van der Waals surface area contributed by atoms with E-state index in [1.54, 1.807) is 11.8 Å². The average Bonchev–Trinajstić information content (AvgIpc) is 2.15. The van der Waals surface area contributed by atoms with Crippen molar-refractivity contribution < 1.29 is 4.74 Å². The SMILES string of the molecule is c1cc2c([nH]1)OCS2. The van der Waals surface area contributed by atoms with Gasteiger partial charge in [-0.1, -0.05) is 11.8 Å². The van der Waals surface area contributed by atoms with Crippen LogP contribution in [0.2, 0.25) is 0 Å². The van der Waals surface area contributed by atoms with E-state index in [4.69, 9.17) is 4.74 Å². The summed E-state index contributed by atoms with van der Waals surface area (Å²) in [7, 11) is 0. The lowest BCUT2D eigenvalue weighted by Gasteiger charge is -1.86. The Morgan fingerprint density at radius 3 is 3.62 bits per heavy atom. The maximum atomic E-state index is 5.15. The van der Waals surface area contributed by atoms with Gasteiger partial charge in [0.15, 0.2) is 0 Å². The van der Waals surface area contributed by atoms with Gasteiger partial charge in [-0.25, -0.2) is 0 Å². The highest BCUT2D eigenvalue weighted by atomic mass is 32.2. The normalized spacial score (nSPS) is 15.5. The van der Waals surface area contributed by atoms with Crippen LogP contribution in [0.1, 0.15) is 0 Å². The van der Waals surface area contributed by atoms with Crippen LogP contribution in [0, 0.1) is 0 Å². The van der Waals surface area contributed by atoms with E-state index in [1.165, 1.54) is 4.90 Å². The van der Waals surface area contributed by atoms with E-state index in [-0.39, 0.29) is 0 Å². The van der Waals surface area contributed by atoms with Gasteiger partial charge in [-0.05, 0) is 6.07 Å². The molecule has 0 unspecified atom stereocenters. The lowest BCUT2D eigenvalue weighted by atomic mass is 10.6. The summed E-state index contributed by atoms with van der Waals surface area (Å²) in [6, 6.07) is 2.02. The number of fused-ring (bicyclic) bond motifs is 1. The third-order valence-corrected chi connectivity index (χ3v) is 1.96. The van der Waals surface area contributed by atoms with Crippen LogP contribution in [0.3, 0.4) is 0 Å². The summed E-state index contributed by atoms with van der Waals surface area (Å²) >= 11 is 1.72. The smallest absolute Gasteiger partial charge is 0.205 e. The first-order chi connectivity index (χ1) is 3.97. The number of nitrogens with one attached hydrogen (secondary N) is 1. The van der Waals surface area contributed by atoms with E-state index < -0.39 is 0 Å². The Labute approximate surface area is 51.2 Å². The van der Waals surface area contributed by atoms with E-state index in [2.05, 4.69) is 4.98 Å². The van der Waals surface area contributed by atoms with Crippen LogP contribution in [-0.2, 0) is 0 Å². The molecule has 42 valence electrons. The zero-order valence-corrected chi connectivity index (χ0v) is 4.99. The summed E-state index contributed by atoms with van der Waals surface area (Å²) in [5.41, 5.74) is 0. The molecule has 0 saturated carbocycles. The van der Waals surface area contributed by atoms with Gasteiger partial charge in [0.05, 0.1) is 4.90 Å². The van der Waals surface area contributed by atoms with Crippen LogP contribution in [0.5, 0.6) is 5.88 Å². The fourth-order valence-corrected chi connectivity index (χ4v) is 1.44. The van der Waals surface area contributed by atoms with Crippen molar-refractivity contribution in [1.82, 2.24) is 4.98 Å². The van der Waals surface area contributed by atoms with Gasteiger partial charge in [0.2, 0.25) is 5.88 Å². The lowest BCUT2D eigenvalue weighted by Crippen LogP contribution is -1.82. The summed E-state index contributed by atoms with van der Waals surface area (Å²) in [4.78, 5) is 4.20. The fraction of sp³-hybridized carbons (Fsp3) is 0.200. The van der Waals surface area contributed by atoms with Crippen LogP contribution >= 0.6 is 11.8 Å². The first-order valence-corrected chi connectivity index (χ1v) is 3.38. The van der Waals surface area contributed by atoms with E-state index in [0.29, 0.717) is 0 Å². The molecule has 1 aliphatic heterocycles. The number of rotatable bonds is 0. The van der Waals surface area contributed by atoms with Crippen molar-refractivity contribution in [2.75, 3.05) is 5.94 Å². The molecule has 0 radical (unpaired) electrons. The average molecular weight is 127 g/mol. The molecule has 0 bridgehead atoms. The Morgan fingerprint density at radius 2 is 2.75 bits per heavy atom. The van der Waals surface area contributed by atoms with Gasteiger partial charge in [-0.3, -0.25) is 0 Å². The van der Waals surface area contributed by atoms with E-state index in [9.17, 15) is 0 Å². The molecule has 0 saturated heterocycles. The molecule has 8 heavy (non-hydrogen) atoms. The van der Waals surface area contributed by atoms with Gasteiger partial charge in [0.1, 0.15) is 5.94 Å².